The van der Waals surface area contributed by atoms with Crippen LogP contribution in [0.3, 0.4) is 0 Å². The third kappa shape index (κ3) is 10.6. The first-order valence-electron chi connectivity index (χ1n) is 19.6. The molecule has 2 aromatic carbocycles. The van der Waals surface area contributed by atoms with E-state index in [9.17, 15) is 58.0 Å². The van der Waals surface area contributed by atoms with Crippen LogP contribution in [0.2, 0.25) is 10.0 Å². The summed E-state index contributed by atoms with van der Waals surface area (Å²) in [5, 5.41) is 10.9. The van der Waals surface area contributed by atoms with Gasteiger partial charge in [0.2, 0.25) is 11.6 Å². The Kier molecular flexibility index (Phi) is 14.5. The molecular formula is C45H37Cl2F6N8O7S2+. The molecule has 5 N–H and O–H groups in total. The number of nitrogens with one attached hydrogen (secondary N) is 4. The summed E-state index contributed by atoms with van der Waals surface area (Å²) in [6.07, 6.45) is -1.32. The first-order valence-corrected chi connectivity index (χ1v) is 23.4. The Balaban J connectivity index is 0.000000226. The number of aromatic nitrogens is 6. The molecule has 0 radical (unpaired) electrons. The SMILES string of the molecule is C.Cc1ccc(S(=O)(=O)Nc2cc(Cl)cnc2C(=O)c2c(C)c[n+](O)c3[nH]ccc23)cc1C(F)(F)F.Cc1ccc(S(=O)(=O)Nc2cc(Cl)cnc2C(=O)c2c(C)cnc3[nH]ccc23)cc1C(F)(F)F. The number of ketones is 2. The van der Waals surface area contributed by atoms with Gasteiger partial charge in [-0.2, -0.15) is 26.3 Å². The summed E-state index contributed by atoms with van der Waals surface area (Å²) in [5.41, 5.74) is -1.72. The van der Waals surface area contributed by atoms with Gasteiger partial charge in [0.1, 0.15) is 23.2 Å². The molecule has 8 aromatic rings. The zero-order valence-corrected chi connectivity index (χ0v) is 38.9. The highest BCUT2D eigenvalue weighted by Crippen LogP contribution is 2.36. The highest BCUT2D eigenvalue weighted by Gasteiger charge is 2.36. The molecule has 8 rings (SSSR count). The monoisotopic (exact) mass is 1050 g/mol. The number of carbonyl (C=O) groups excluding carboxylic acids is 2. The molecule has 0 amide bonds. The third-order valence-electron chi connectivity index (χ3n) is 10.4. The Morgan fingerprint density at radius 2 is 1.06 bits per heavy atom. The van der Waals surface area contributed by atoms with Crippen molar-refractivity contribution in [1.29, 1.82) is 0 Å². The van der Waals surface area contributed by atoms with Crippen molar-refractivity contribution in [3.05, 3.63) is 164 Å². The Labute approximate surface area is 404 Å². The van der Waals surface area contributed by atoms with Gasteiger partial charge in [0, 0.05) is 46.9 Å². The number of pyridine rings is 4. The smallest absolute Gasteiger partial charge is 0.350 e. The van der Waals surface area contributed by atoms with E-state index < -0.39 is 64.9 Å². The zero-order valence-electron chi connectivity index (χ0n) is 35.8. The molecule has 6 heterocycles. The topological polar surface area (TPSA) is 221 Å². The van der Waals surface area contributed by atoms with Gasteiger partial charge in [-0.15, -0.1) is 0 Å². The Morgan fingerprint density at radius 3 is 1.53 bits per heavy atom. The number of alkyl halides is 6. The Bertz CT molecular complexity index is 3620. The lowest BCUT2D eigenvalue weighted by Crippen LogP contribution is -2.32. The Hall–Kier alpha value is -7.08. The van der Waals surface area contributed by atoms with Crippen molar-refractivity contribution in [3.8, 4) is 0 Å². The van der Waals surface area contributed by atoms with Crippen LogP contribution in [0.25, 0.3) is 22.1 Å². The fraction of sp³-hybridized carbons (Fsp3) is 0.156. The quantitative estimate of drug-likeness (QED) is 0.0377. The highest BCUT2D eigenvalue weighted by molar-refractivity contribution is 7.93. The molecule has 0 aliphatic rings. The lowest BCUT2D eigenvalue weighted by molar-refractivity contribution is -0.886. The molecule has 0 spiro atoms. The number of nitrogens with zero attached hydrogens (tertiary/aromatic N) is 4. The van der Waals surface area contributed by atoms with E-state index in [2.05, 4.69) is 34.4 Å². The second-order valence-electron chi connectivity index (χ2n) is 15.2. The van der Waals surface area contributed by atoms with E-state index in [4.69, 9.17) is 23.2 Å². The number of anilines is 2. The molecule has 25 heteroatoms. The van der Waals surface area contributed by atoms with Crippen LogP contribution in [0.15, 0.2) is 108 Å². The zero-order chi connectivity index (χ0) is 50.5. The van der Waals surface area contributed by atoms with Gasteiger partial charge in [0.05, 0.1) is 53.9 Å². The van der Waals surface area contributed by atoms with Crippen molar-refractivity contribution in [2.75, 3.05) is 9.44 Å². The predicted molar refractivity (Wildman–Crippen MR) is 247 cm³/mol. The summed E-state index contributed by atoms with van der Waals surface area (Å²) in [4.78, 5) is 43.5. The van der Waals surface area contributed by atoms with Crippen LogP contribution in [0.1, 0.15) is 72.9 Å². The summed E-state index contributed by atoms with van der Waals surface area (Å²) in [6, 6.07) is 10.7. The minimum Gasteiger partial charge on any atom is -0.350 e. The molecule has 0 unspecified atom stereocenters. The first-order chi connectivity index (χ1) is 32.2. The molecule has 0 aliphatic carbocycles. The number of benzene rings is 2. The maximum Gasteiger partial charge on any atom is 0.416 e. The van der Waals surface area contributed by atoms with Gasteiger partial charge in [-0.3, -0.25) is 19.0 Å². The van der Waals surface area contributed by atoms with Gasteiger partial charge >= 0.3 is 18.0 Å². The van der Waals surface area contributed by atoms with Crippen molar-refractivity contribution in [2.45, 2.75) is 57.3 Å². The predicted octanol–water partition coefficient (Wildman–Crippen LogP) is 10.3. The van der Waals surface area contributed by atoms with Crippen LogP contribution in [0.4, 0.5) is 37.7 Å². The molecule has 0 saturated carbocycles. The lowest BCUT2D eigenvalue weighted by atomic mass is 10.00. The second kappa shape index (κ2) is 19.4. The second-order valence-corrected chi connectivity index (χ2v) is 19.5. The number of fused-ring (bicyclic) bond motifs is 2. The largest absolute Gasteiger partial charge is 0.416 e. The lowest BCUT2D eigenvalue weighted by Gasteiger charge is -2.15. The number of hydrogen-bond acceptors (Lipinski definition) is 10. The maximum absolute atomic E-state index is 13.5. The number of hydrogen-bond donors (Lipinski definition) is 5. The van der Waals surface area contributed by atoms with Crippen LogP contribution in [0.5, 0.6) is 0 Å². The van der Waals surface area contributed by atoms with Crippen molar-refractivity contribution >= 4 is 88.3 Å². The molecule has 0 fully saturated rings. The van der Waals surface area contributed by atoms with Gasteiger partial charge in [0.25, 0.3) is 20.0 Å². The minimum absolute atomic E-state index is 0. The standard InChI is InChI=1S/C22H16ClF3N4O4S.C22H16ClF3N4O3S.CH4/c1-11-3-4-14(8-16(11)22(24,25)26)35(33,34)29-17-7-13(23)9-28-19(17)20(31)18-12(2)10-30(32)21-15(18)5-6-27-21;1-11-3-4-14(8-16(11)22(24,25)26)34(32,33)30-17-7-13(23)10-28-19(17)20(31)18-12(2)9-29-21-15(18)5-6-27-21;/h3-10,32H,1-2H3,(H,29,31);3-10,30H,1-2H3,(H,27,29);1H4/p+1. The van der Waals surface area contributed by atoms with E-state index in [0.29, 0.717) is 39.7 Å². The number of sulfonamides is 2. The normalized spacial score (nSPS) is 12.0. The summed E-state index contributed by atoms with van der Waals surface area (Å²) in [7, 11) is -9.10. The number of aromatic amines is 2. The van der Waals surface area contributed by atoms with Crippen LogP contribution in [0, 0.1) is 27.7 Å². The van der Waals surface area contributed by atoms with E-state index in [-0.39, 0.29) is 68.1 Å². The van der Waals surface area contributed by atoms with Crippen LogP contribution in [-0.4, -0.2) is 58.5 Å². The molecule has 15 nitrogen and oxygen atoms in total. The summed E-state index contributed by atoms with van der Waals surface area (Å²) in [5.74, 6) is -1.30. The van der Waals surface area contributed by atoms with Crippen molar-refractivity contribution in [1.82, 2.24) is 24.9 Å². The summed E-state index contributed by atoms with van der Waals surface area (Å²) < 4.78 is 137. The maximum atomic E-state index is 13.5. The summed E-state index contributed by atoms with van der Waals surface area (Å²) >= 11 is 12.0. The van der Waals surface area contributed by atoms with E-state index >= 15 is 0 Å². The molecule has 0 atom stereocenters. The molecular weight excluding hydrogens is 1010 g/mol. The van der Waals surface area contributed by atoms with Crippen molar-refractivity contribution in [3.63, 3.8) is 0 Å². The van der Waals surface area contributed by atoms with Crippen LogP contribution in [-0.2, 0) is 32.4 Å². The van der Waals surface area contributed by atoms with E-state index in [1.54, 1.807) is 32.2 Å². The van der Waals surface area contributed by atoms with Crippen molar-refractivity contribution < 1.29 is 62.7 Å². The average molecular weight is 1050 g/mol. The van der Waals surface area contributed by atoms with Gasteiger partial charge in [-0.25, -0.2) is 36.8 Å². The van der Waals surface area contributed by atoms with E-state index in [1.165, 1.54) is 44.7 Å². The van der Waals surface area contributed by atoms with Gasteiger partial charge in [-0.05, 0) is 92.9 Å². The van der Waals surface area contributed by atoms with Gasteiger partial charge in [-0.1, -0.05) is 47.5 Å². The van der Waals surface area contributed by atoms with Crippen molar-refractivity contribution in [2.24, 2.45) is 0 Å². The van der Waals surface area contributed by atoms with Crippen LogP contribution >= 0.6 is 23.2 Å². The molecule has 0 aliphatic heterocycles. The average Bonchev–Trinajstić information content (AvgIpc) is 3.94. The number of aryl methyl sites for hydroxylation is 4. The number of H-pyrrole nitrogens is 2. The molecule has 0 saturated heterocycles. The molecule has 6 aromatic heterocycles. The number of halogens is 8. The highest BCUT2D eigenvalue weighted by atomic mass is 35.5. The number of carbonyl (C=O) groups is 2. The molecule has 70 heavy (non-hydrogen) atoms. The van der Waals surface area contributed by atoms with Gasteiger partial charge in [0.15, 0.2) is 0 Å². The van der Waals surface area contributed by atoms with Crippen LogP contribution < -0.4 is 14.2 Å². The fourth-order valence-electron chi connectivity index (χ4n) is 7.17. The fourth-order valence-corrected chi connectivity index (χ4v) is 9.66. The molecule has 366 valence electrons. The number of rotatable bonds is 10. The first kappa shape index (κ1) is 52.3. The molecule has 0 bridgehead atoms. The summed E-state index contributed by atoms with van der Waals surface area (Å²) in [6.45, 7) is 5.67. The Morgan fingerprint density at radius 1 is 0.614 bits per heavy atom. The van der Waals surface area contributed by atoms with E-state index in [1.807, 2.05) is 0 Å². The van der Waals surface area contributed by atoms with Gasteiger partial charge < -0.3 is 10.2 Å². The minimum atomic E-state index is -4.76. The third-order valence-corrected chi connectivity index (χ3v) is 13.6. The van der Waals surface area contributed by atoms with E-state index in [0.717, 1.165) is 41.3 Å².